The van der Waals surface area contributed by atoms with Crippen molar-refractivity contribution in [1.82, 2.24) is 0 Å². The minimum atomic E-state index is 0.282. The van der Waals surface area contributed by atoms with Gasteiger partial charge in [-0.15, -0.1) is 0 Å². The van der Waals surface area contributed by atoms with Crippen molar-refractivity contribution in [3.63, 3.8) is 0 Å². The van der Waals surface area contributed by atoms with Gasteiger partial charge in [-0.2, -0.15) is 0 Å². The van der Waals surface area contributed by atoms with Crippen molar-refractivity contribution in [1.29, 1.82) is 0 Å². The Kier molecular flexibility index (Phi) is 7.09. The molecular formula is C26H32O4. The zero-order valence-electron chi connectivity index (χ0n) is 18.9. The van der Waals surface area contributed by atoms with Crippen LogP contribution in [-0.4, -0.2) is 21.0 Å². The molecule has 1 aliphatic rings. The van der Waals surface area contributed by atoms with Crippen molar-refractivity contribution in [3.05, 3.63) is 51.4 Å². The maximum absolute atomic E-state index is 5.70. The van der Waals surface area contributed by atoms with Gasteiger partial charge < -0.3 is 18.9 Å². The van der Waals surface area contributed by atoms with Gasteiger partial charge in [0.2, 0.25) is 6.79 Å². The molecule has 0 saturated heterocycles. The molecule has 1 aliphatic heterocycles. The SMILES string of the molecule is C/C=c1/c(OC)c(OC)cc/c1=C/C(=C(\C)CC)c1cc2c(cc1CCC)OCO2. The molecule has 0 aliphatic carbocycles. The predicted molar refractivity (Wildman–Crippen MR) is 123 cm³/mol. The second-order valence-corrected chi connectivity index (χ2v) is 7.40. The smallest absolute Gasteiger partial charge is 0.231 e. The Hall–Kier alpha value is -2.88. The number of rotatable bonds is 7. The van der Waals surface area contributed by atoms with Gasteiger partial charge in [0.05, 0.1) is 14.2 Å². The third kappa shape index (κ3) is 4.18. The highest BCUT2D eigenvalue weighted by Gasteiger charge is 2.19. The predicted octanol–water partition coefficient (Wildman–Crippen LogP) is 4.85. The zero-order chi connectivity index (χ0) is 21.7. The van der Waals surface area contributed by atoms with E-state index < -0.39 is 0 Å². The lowest BCUT2D eigenvalue weighted by Gasteiger charge is -2.15. The number of allylic oxidation sites excluding steroid dienone is 2. The highest BCUT2D eigenvalue weighted by Crippen LogP contribution is 2.39. The van der Waals surface area contributed by atoms with E-state index in [1.54, 1.807) is 14.2 Å². The molecule has 0 atom stereocenters. The first-order valence-corrected chi connectivity index (χ1v) is 10.6. The van der Waals surface area contributed by atoms with Crippen LogP contribution >= 0.6 is 0 Å². The number of methoxy groups -OCH3 is 2. The molecule has 2 aromatic rings. The van der Waals surface area contributed by atoms with Crippen LogP contribution < -0.4 is 29.4 Å². The van der Waals surface area contributed by atoms with Gasteiger partial charge >= 0.3 is 0 Å². The molecule has 0 unspecified atom stereocenters. The molecule has 2 aromatic carbocycles. The lowest BCUT2D eigenvalue weighted by atomic mass is 9.91. The van der Waals surface area contributed by atoms with E-state index in [4.69, 9.17) is 18.9 Å². The van der Waals surface area contributed by atoms with Crippen LogP contribution in [0.25, 0.3) is 17.7 Å². The normalized spacial score (nSPS) is 14.7. The van der Waals surface area contributed by atoms with Crippen LogP contribution in [0.4, 0.5) is 0 Å². The zero-order valence-corrected chi connectivity index (χ0v) is 18.9. The number of fused-ring (bicyclic) bond motifs is 1. The summed E-state index contributed by atoms with van der Waals surface area (Å²) in [5.74, 6) is 3.13. The fraction of sp³-hybridized carbons (Fsp3) is 0.385. The molecule has 0 amide bonds. The molecule has 30 heavy (non-hydrogen) atoms. The number of aryl methyl sites for hydroxylation is 1. The van der Waals surface area contributed by atoms with Crippen molar-refractivity contribution in [2.45, 2.75) is 47.0 Å². The molecule has 0 aromatic heterocycles. The molecule has 0 N–H and O–H groups in total. The Balaban J connectivity index is 2.30. The van der Waals surface area contributed by atoms with Crippen molar-refractivity contribution in [2.24, 2.45) is 0 Å². The van der Waals surface area contributed by atoms with E-state index in [0.29, 0.717) is 0 Å². The Morgan fingerprint density at radius 2 is 1.80 bits per heavy atom. The van der Waals surface area contributed by atoms with E-state index in [2.05, 4.69) is 51.1 Å². The summed E-state index contributed by atoms with van der Waals surface area (Å²) in [6.07, 6.45) is 7.34. The molecule has 0 bridgehead atoms. The highest BCUT2D eigenvalue weighted by molar-refractivity contribution is 5.92. The monoisotopic (exact) mass is 408 g/mol. The first-order valence-electron chi connectivity index (χ1n) is 10.6. The quantitative estimate of drug-likeness (QED) is 0.656. The molecule has 1 heterocycles. The highest BCUT2D eigenvalue weighted by atomic mass is 16.7. The van der Waals surface area contributed by atoms with Gasteiger partial charge in [0.15, 0.2) is 23.0 Å². The van der Waals surface area contributed by atoms with Gasteiger partial charge in [0.1, 0.15) is 0 Å². The molecule has 0 radical (unpaired) electrons. The number of hydrogen-bond donors (Lipinski definition) is 0. The average molecular weight is 409 g/mol. The minimum Gasteiger partial charge on any atom is -0.493 e. The molecule has 0 saturated carbocycles. The second kappa shape index (κ2) is 9.75. The van der Waals surface area contributed by atoms with Gasteiger partial charge in [-0.25, -0.2) is 0 Å². The van der Waals surface area contributed by atoms with Crippen LogP contribution in [0.15, 0.2) is 29.8 Å². The van der Waals surface area contributed by atoms with E-state index in [1.165, 1.54) is 22.3 Å². The Morgan fingerprint density at radius 1 is 1.07 bits per heavy atom. The van der Waals surface area contributed by atoms with Crippen LogP contribution in [0.3, 0.4) is 0 Å². The van der Waals surface area contributed by atoms with E-state index in [-0.39, 0.29) is 6.79 Å². The number of ether oxygens (including phenoxy) is 4. The molecule has 0 spiro atoms. The molecule has 3 rings (SSSR count). The standard InChI is InChI=1S/C26H32O4/c1-7-10-18-14-24-25(30-16-29-24)15-22(18)21(17(4)8-2)13-19-11-12-23(27-5)26(28-6)20(19)9-3/h9,11-15H,7-8,10,16H2,1-6H3/b19-13-,20-9+,21-17-. The van der Waals surface area contributed by atoms with Gasteiger partial charge in [-0.3, -0.25) is 0 Å². The van der Waals surface area contributed by atoms with Gasteiger partial charge in [0.25, 0.3) is 0 Å². The first-order chi connectivity index (χ1) is 14.6. The largest absolute Gasteiger partial charge is 0.493 e. The molecule has 4 heteroatoms. The van der Waals surface area contributed by atoms with E-state index in [1.807, 2.05) is 13.0 Å². The van der Waals surface area contributed by atoms with Crippen LogP contribution in [-0.2, 0) is 6.42 Å². The summed E-state index contributed by atoms with van der Waals surface area (Å²) >= 11 is 0. The summed E-state index contributed by atoms with van der Waals surface area (Å²) in [6.45, 7) is 8.89. The third-order valence-electron chi connectivity index (χ3n) is 5.60. The minimum absolute atomic E-state index is 0.282. The van der Waals surface area contributed by atoms with Crippen LogP contribution in [0, 0.1) is 0 Å². The molecular weight excluding hydrogens is 376 g/mol. The lowest BCUT2D eigenvalue weighted by molar-refractivity contribution is 0.174. The summed E-state index contributed by atoms with van der Waals surface area (Å²) in [5, 5.41) is 2.12. The van der Waals surface area contributed by atoms with E-state index >= 15 is 0 Å². The topological polar surface area (TPSA) is 36.9 Å². The van der Waals surface area contributed by atoms with Crippen LogP contribution in [0.2, 0.25) is 0 Å². The van der Waals surface area contributed by atoms with Crippen molar-refractivity contribution < 1.29 is 18.9 Å². The Morgan fingerprint density at radius 3 is 2.40 bits per heavy atom. The second-order valence-electron chi connectivity index (χ2n) is 7.40. The molecule has 0 fully saturated rings. The fourth-order valence-electron chi connectivity index (χ4n) is 3.88. The number of benzene rings is 2. The Bertz CT molecular complexity index is 1060. The number of hydrogen-bond acceptors (Lipinski definition) is 4. The summed E-state index contributed by atoms with van der Waals surface area (Å²) in [4.78, 5) is 0. The summed E-state index contributed by atoms with van der Waals surface area (Å²) in [7, 11) is 3.34. The molecule has 160 valence electrons. The lowest BCUT2D eigenvalue weighted by Crippen LogP contribution is -2.26. The summed E-state index contributed by atoms with van der Waals surface area (Å²) in [6, 6.07) is 8.32. The maximum atomic E-state index is 5.70. The molecule has 4 nitrogen and oxygen atoms in total. The Labute approximate surface area is 179 Å². The third-order valence-corrected chi connectivity index (χ3v) is 5.60. The fourth-order valence-corrected chi connectivity index (χ4v) is 3.88. The average Bonchev–Trinajstić information content (AvgIpc) is 3.23. The first kappa shape index (κ1) is 21.8. The van der Waals surface area contributed by atoms with Crippen molar-refractivity contribution >= 4 is 17.7 Å². The van der Waals surface area contributed by atoms with Crippen LogP contribution in [0.1, 0.15) is 51.7 Å². The van der Waals surface area contributed by atoms with Gasteiger partial charge in [-0.1, -0.05) is 38.0 Å². The van der Waals surface area contributed by atoms with Gasteiger partial charge in [-0.05, 0) is 72.9 Å². The maximum Gasteiger partial charge on any atom is 0.231 e. The van der Waals surface area contributed by atoms with Crippen LogP contribution in [0.5, 0.6) is 23.0 Å². The summed E-state index contributed by atoms with van der Waals surface area (Å²) < 4.78 is 22.5. The van der Waals surface area contributed by atoms with E-state index in [9.17, 15) is 0 Å². The summed E-state index contributed by atoms with van der Waals surface area (Å²) in [5.41, 5.74) is 5.03. The van der Waals surface area contributed by atoms with Crippen molar-refractivity contribution in [2.75, 3.05) is 21.0 Å². The van der Waals surface area contributed by atoms with E-state index in [0.717, 1.165) is 52.7 Å². The van der Waals surface area contributed by atoms with Crippen molar-refractivity contribution in [3.8, 4) is 23.0 Å². The van der Waals surface area contributed by atoms with Gasteiger partial charge in [0, 0.05) is 5.22 Å².